The molecule has 0 bridgehead atoms. The van der Waals surface area contributed by atoms with Crippen molar-refractivity contribution < 1.29 is 9.13 Å². The number of hydrogen-bond acceptors (Lipinski definition) is 5. The largest absolute Gasteiger partial charge is 0.380 e. The van der Waals surface area contributed by atoms with Crippen LogP contribution in [0.1, 0.15) is 30.5 Å². The van der Waals surface area contributed by atoms with E-state index in [-0.39, 0.29) is 18.0 Å². The second-order valence-electron chi connectivity index (χ2n) is 5.80. The molecule has 6 nitrogen and oxygen atoms in total. The molecule has 116 valence electrons. The molecular weight excluding hydrogens is 285 g/mol. The average molecular weight is 303 g/mol. The Morgan fingerprint density at radius 3 is 3.09 bits per heavy atom. The van der Waals surface area contributed by atoms with Crippen molar-refractivity contribution in [3.05, 3.63) is 35.8 Å². The van der Waals surface area contributed by atoms with Crippen LogP contribution in [0.3, 0.4) is 0 Å². The first-order chi connectivity index (χ1) is 10.8. The van der Waals surface area contributed by atoms with Gasteiger partial charge in [0.05, 0.1) is 12.1 Å². The minimum atomic E-state index is -0.314. The zero-order chi connectivity index (χ0) is 15.1. The Labute approximate surface area is 127 Å². The third-order valence-corrected chi connectivity index (χ3v) is 4.54. The Morgan fingerprint density at radius 2 is 2.27 bits per heavy atom. The van der Waals surface area contributed by atoms with Gasteiger partial charge in [0.15, 0.2) is 17.5 Å². The van der Waals surface area contributed by atoms with Gasteiger partial charge in [0.2, 0.25) is 0 Å². The molecule has 1 saturated heterocycles. The summed E-state index contributed by atoms with van der Waals surface area (Å²) in [6, 6.07) is 2.99. The first-order valence-corrected chi connectivity index (χ1v) is 7.60. The highest BCUT2D eigenvalue weighted by molar-refractivity contribution is 5.44. The van der Waals surface area contributed by atoms with Crippen molar-refractivity contribution in [2.75, 3.05) is 18.6 Å². The van der Waals surface area contributed by atoms with Gasteiger partial charge in [-0.25, -0.2) is 9.37 Å². The third-order valence-electron chi connectivity index (χ3n) is 4.54. The van der Waals surface area contributed by atoms with Crippen LogP contribution in [0.4, 0.5) is 10.2 Å². The SMILES string of the molecule is CO[C@@H]1C[C@@H](c2nnc3n2CCC3)N(c2ncccc2F)C1. The van der Waals surface area contributed by atoms with Crippen LogP contribution in [0.15, 0.2) is 18.3 Å². The van der Waals surface area contributed by atoms with E-state index >= 15 is 0 Å². The Balaban J connectivity index is 1.74. The molecule has 4 heterocycles. The number of hydrogen-bond donors (Lipinski definition) is 0. The van der Waals surface area contributed by atoms with E-state index in [1.807, 2.05) is 4.90 Å². The average Bonchev–Trinajstić information content (AvgIpc) is 3.22. The number of aromatic nitrogens is 4. The standard InChI is InChI=1S/C15H18FN5O/c1-22-10-8-12(15-19-18-13-5-3-7-20(13)15)21(9-10)14-11(16)4-2-6-17-14/h2,4,6,10,12H,3,5,7-9H2,1H3/t10-,12+/m1/s1. The lowest BCUT2D eigenvalue weighted by Gasteiger charge is -2.25. The molecule has 0 radical (unpaired) electrons. The maximum Gasteiger partial charge on any atom is 0.165 e. The quantitative estimate of drug-likeness (QED) is 0.864. The lowest BCUT2D eigenvalue weighted by Crippen LogP contribution is -2.28. The summed E-state index contributed by atoms with van der Waals surface area (Å²) in [7, 11) is 1.69. The molecule has 1 fully saturated rings. The van der Waals surface area contributed by atoms with E-state index in [9.17, 15) is 4.39 Å². The summed E-state index contributed by atoms with van der Waals surface area (Å²) in [6.45, 7) is 1.54. The van der Waals surface area contributed by atoms with Crippen molar-refractivity contribution in [3.8, 4) is 0 Å². The number of pyridine rings is 1. The van der Waals surface area contributed by atoms with Gasteiger partial charge < -0.3 is 14.2 Å². The van der Waals surface area contributed by atoms with Gasteiger partial charge in [-0.3, -0.25) is 0 Å². The highest BCUT2D eigenvalue weighted by Crippen LogP contribution is 2.37. The molecule has 4 rings (SSSR count). The Kier molecular flexibility index (Phi) is 3.29. The van der Waals surface area contributed by atoms with Gasteiger partial charge in [0.25, 0.3) is 0 Å². The van der Waals surface area contributed by atoms with E-state index in [1.54, 1.807) is 19.4 Å². The van der Waals surface area contributed by atoms with Crippen LogP contribution >= 0.6 is 0 Å². The highest BCUT2D eigenvalue weighted by atomic mass is 19.1. The maximum atomic E-state index is 14.2. The van der Waals surface area contributed by atoms with Crippen LogP contribution in [-0.2, 0) is 17.7 Å². The molecule has 0 amide bonds. The van der Waals surface area contributed by atoms with E-state index < -0.39 is 0 Å². The molecule has 0 N–H and O–H groups in total. The normalized spacial score (nSPS) is 24.0. The second-order valence-corrected chi connectivity index (χ2v) is 5.80. The lowest BCUT2D eigenvalue weighted by molar-refractivity contribution is 0.118. The first kappa shape index (κ1) is 13.6. The molecule has 0 saturated carbocycles. The van der Waals surface area contributed by atoms with Crippen LogP contribution in [-0.4, -0.2) is 39.5 Å². The van der Waals surface area contributed by atoms with Crippen molar-refractivity contribution in [2.24, 2.45) is 0 Å². The molecule has 2 aliphatic heterocycles. The smallest absolute Gasteiger partial charge is 0.165 e. The van der Waals surface area contributed by atoms with Crippen molar-refractivity contribution in [2.45, 2.75) is 38.0 Å². The molecule has 2 aromatic rings. The van der Waals surface area contributed by atoms with Crippen molar-refractivity contribution in [1.82, 2.24) is 19.7 Å². The van der Waals surface area contributed by atoms with Crippen molar-refractivity contribution in [1.29, 1.82) is 0 Å². The molecule has 7 heteroatoms. The number of rotatable bonds is 3. The van der Waals surface area contributed by atoms with E-state index in [4.69, 9.17) is 4.74 Å². The highest BCUT2D eigenvalue weighted by Gasteiger charge is 2.39. The molecule has 0 aromatic carbocycles. The van der Waals surface area contributed by atoms with Gasteiger partial charge in [0, 0.05) is 39.2 Å². The fraction of sp³-hybridized carbons (Fsp3) is 0.533. The van der Waals surface area contributed by atoms with E-state index in [0.717, 1.165) is 37.5 Å². The fourth-order valence-electron chi connectivity index (χ4n) is 3.46. The van der Waals surface area contributed by atoms with E-state index in [0.29, 0.717) is 12.4 Å². The Morgan fingerprint density at radius 1 is 1.36 bits per heavy atom. The second kappa shape index (κ2) is 5.31. The predicted octanol–water partition coefficient (Wildman–Crippen LogP) is 1.72. The fourth-order valence-corrected chi connectivity index (χ4v) is 3.46. The minimum Gasteiger partial charge on any atom is -0.380 e. The summed E-state index contributed by atoms with van der Waals surface area (Å²) in [6.07, 6.45) is 4.48. The lowest BCUT2D eigenvalue weighted by atomic mass is 10.2. The van der Waals surface area contributed by atoms with Crippen LogP contribution < -0.4 is 4.90 Å². The first-order valence-electron chi connectivity index (χ1n) is 7.60. The molecule has 2 aliphatic rings. The monoisotopic (exact) mass is 303 g/mol. The maximum absolute atomic E-state index is 14.2. The summed E-state index contributed by atoms with van der Waals surface area (Å²) >= 11 is 0. The Hall–Kier alpha value is -2.02. The topological polar surface area (TPSA) is 56.1 Å². The van der Waals surface area contributed by atoms with Gasteiger partial charge in [-0.15, -0.1) is 10.2 Å². The molecule has 0 spiro atoms. The number of nitrogens with zero attached hydrogens (tertiary/aromatic N) is 5. The summed E-state index contributed by atoms with van der Waals surface area (Å²) in [4.78, 5) is 6.18. The summed E-state index contributed by atoms with van der Waals surface area (Å²) in [5.41, 5.74) is 0. The van der Waals surface area contributed by atoms with Gasteiger partial charge in [-0.2, -0.15) is 0 Å². The number of methoxy groups -OCH3 is 1. The van der Waals surface area contributed by atoms with Gasteiger partial charge in [0.1, 0.15) is 5.82 Å². The number of aryl methyl sites for hydroxylation is 1. The number of anilines is 1. The van der Waals surface area contributed by atoms with E-state index in [1.165, 1.54) is 6.07 Å². The van der Waals surface area contributed by atoms with Crippen molar-refractivity contribution in [3.63, 3.8) is 0 Å². The number of ether oxygens (including phenoxy) is 1. The van der Waals surface area contributed by atoms with Gasteiger partial charge >= 0.3 is 0 Å². The molecule has 2 atom stereocenters. The van der Waals surface area contributed by atoms with Gasteiger partial charge in [-0.05, 0) is 18.6 Å². The summed E-state index contributed by atoms with van der Waals surface area (Å²) in [5, 5.41) is 8.63. The predicted molar refractivity (Wildman–Crippen MR) is 78.0 cm³/mol. The Bertz CT molecular complexity index is 688. The molecular formula is C15H18FN5O. The van der Waals surface area contributed by atoms with Gasteiger partial charge in [-0.1, -0.05) is 0 Å². The van der Waals surface area contributed by atoms with Crippen LogP contribution in [0, 0.1) is 5.82 Å². The number of halogens is 1. The molecule has 0 unspecified atom stereocenters. The van der Waals surface area contributed by atoms with Crippen molar-refractivity contribution >= 4 is 5.82 Å². The third kappa shape index (κ3) is 2.08. The minimum absolute atomic E-state index is 0.0424. The summed E-state index contributed by atoms with van der Waals surface area (Å²) in [5.74, 6) is 1.97. The zero-order valence-corrected chi connectivity index (χ0v) is 12.4. The van der Waals surface area contributed by atoms with Crippen LogP contribution in [0.2, 0.25) is 0 Å². The zero-order valence-electron chi connectivity index (χ0n) is 12.4. The van der Waals surface area contributed by atoms with Crippen LogP contribution in [0.5, 0.6) is 0 Å². The molecule has 0 aliphatic carbocycles. The molecule has 2 aromatic heterocycles. The molecule has 22 heavy (non-hydrogen) atoms. The van der Waals surface area contributed by atoms with E-state index in [2.05, 4.69) is 19.7 Å². The van der Waals surface area contributed by atoms with Crippen LogP contribution in [0.25, 0.3) is 0 Å². The number of fused-ring (bicyclic) bond motifs is 1. The summed E-state index contributed by atoms with van der Waals surface area (Å²) < 4.78 is 21.8.